The summed E-state index contributed by atoms with van der Waals surface area (Å²) in [5.74, 6) is 0.808. The molecule has 0 unspecified atom stereocenters. The molecule has 0 aliphatic heterocycles. The Labute approximate surface area is 110 Å². The Morgan fingerprint density at radius 2 is 2.11 bits per heavy atom. The van der Waals surface area contributed by atoms with Crippen molar-refractivity contribution in [3.05, 3.63) is 47.0 Å². The average Bonchev–Trinajstić information content (AvgIpc) is 2.36. The molecule has 1 aromatic carbocycles. The van der Waals surface area contributed by atoms with E-state index in [1.807, 2.05) is 37.3 Å². The monoisotopic (exact) mass is 270 g/mol. The van der Waals surface area contributed by atoms with Gasteiger partial charge in [0.1, 0.15) is 6.54 Å². The standard InChI is InChI=1S/C13H16F2N2S/c1-11(8-17(16-2)9-13(14)15)18-10-12-6-4-3-5-7-12/h3-8,13H,2,9-10H2,1H3/b11-8+. The fourth-order valence-corrected chi connectivity index (χ4v) is 2.09. The molecule has 5 heteroatoms. The molecule has 0 amide bonds. The summed E-state index contributed by atoms with van der Waals surface area (Å²) in [7, 11) is 0. The number of hydrogen-bond donors (Lipinski definition) is 0. The maximum atomic E-state index is 12.2. The highest BCUT2D eigenvalue weighted by Crippen LogP contribution is 2.21. The van der Waals surface area contributed by atoms with E-state index in [9.17, 15) is 8.78 Å². The Kier molecular flexibility index (Phi) is 6.43. The first kappa shape index (κ1) is 14.7. The van der Waals surface area contributed by atoms with Crippen LogP contribution in [0.15, 0.2) is 46.5 Å². The van der Waals surface area contributed by atoms with Crippen LogP contribution in [0.5, 0.6) is 0 Å². The summed E-state index contributed by atoms with van der Waals surface area (Å²) in [5, 5.41) is 4.70. The number of nitrogens with zero attached hydrogens (tertiary/aromatic N) is 2. The Hall–Kier alpha value is -1.36. The van der Waals surface area contributed by atoms with Crippen LogP contribution in [0, 0.1) is 0 Å². The number of benzene rings is 1. The van der Waals surface area contributed by atoms with Crippen LogP contribution in [0.4, 0.5) is 8.78 Å². The second kappa shape index (κ2) is 7.87. The van der Waals surface area contributed by atoms with Crippen molar-refractivity contribution in [2.45, 2.75) is 19.1 Å². The fourth-order valence-electron chi connectivity index (χ4n) is 1.31. The third kappa shape index (κ3) is 5.82. The van der Waals surface area contributed by atoms with Gasteiger partial charge in [-0.1, -0.05) is 30.3 Å². The number of hydrogen-bond acceptors (Lipinski definition) is 3. The van der Waals surface area contributed by atoms with E-state index in [0.717, 1.165) is 15.7 Å². The summed E-state index contributed by atoms with van der Waals surface area (Å²) >= 11 is 1.59. The van der Waals surface area contributed by atoms with Crippen LogP contribution < -0.4 is 0 Å². The third-order valence-electron chi connectivity index (χ3n) is 2.15. The smallest absolute Gasteiger partial charge is 0.257 e. The number of allylic oxidation sites excluding steroid dienone is 1. The molecule has 0 atom stereocenters. The summed E-state index contributed by atoms with van der Waals surface area (Å²) in [6, 6.07) is 9.97. The molecule has 0 aromatic heterocycles. The third-order valence-corrected chi connectivity index (χ3v) is 3.19. The first-order valence-corrected chi connectivity index (χ1v) is 6.47. The Morgan fingerprint density at radius 1 is 1.44 bits per heavy atom. The van der Waals surface area contributed by atoms with Crippen LogP contribution >= 0.6 is 11.8 Å². The van der Waals surface area contributed by atoms with Crippen molar-refractivity contribution in [1.29, 1.82) is 0 Å². The van der Waals surface area contributed by atoms with Crippen molar-refractivity contribution in [3.8, 4) is 0 Å². The minimum atomic E-state index is -2.42. The largest absolute Gasteiger partial charge is 0.267 e. The zero-order valence-electron chi connectivity index (χ0n) is 10.2. The van der Waals surface area contributed by atoms with Crippen LogP contribution in [-0.4, -0.2) is 24.7 Å². The molecule has 98 valence electrons. The van der Waals surface area contributed by atoms with E-state index in [1.54, 1.807) is 18.0 Å². The van der Waals surface area contributed by atoms with Gasteiger partial charge in [-0.2, -0.15) is 5.10 Å². The molecule has 18 heavy (non-hydrogen) atoms. The molecule has 0 saturated carbocycles. The summed E-state index contributed by atoms with van der Waals surface area (Å²) in [6.07, 6.45) is -0.828. The van der Waals surface area contributed by atoms with E-state index < -0.39 is 13.0 Å². The lowest BCUT2D eigenvalue weighted by Crippen LogP contribution is -2.18. The molecule has 0 heterocycles. The van der Waals surface area contributed by atoms with Crippen molar-refractivity contribution in [2.24, 2.45) is 5.10 Å². The molecular weight excluding hydrogens is 254 g/mol. The predicted molar refractivity (Wildman–Crippen MR) is 73.8 cm³/mol. The number of hydrazone groups is 1. The van der Waals surface area contributed by atoms with Gasteiger partial charge in [-0.3, -0.25) is 5.01 Å². The molecular formula is C13H16F2N2S. The molecule has 0 aliphatic rings. The van der Waals surface area contributed by atoms with E-state index in [2.05, 4.69) is 11.8 Å². The molecule has 2 nitrogen and oxygen atoms in total. The maximum absolute atomic E-state index is 12.2. The van der Waals surface area contributed by atoms with Gasteiger partial charge >= 0.3 is 0 Å². The number of thioether (sulfide) groups is 1. The van der Waals surface area contributed by atoms with Gasteiger partial charge in [0, 0.05) is 18.7 Å². The van der Waals surface area contributed by atoms with E-state index in [1.165, 1.54) is 5.56 Å². The van der Waals surface area contributed by atoms with E-state index >= 15 is 0 Å². The van der Waals surface area contributed by atoms with Gasteiger partial charge in [0.2, 0.25) is 0 Å². The highest BCUT2D eigenvalue weighted by molar-refractivity contribution is 8.02. The van der Waals surface area contributed by atoms with Crippen molar-refractivity contribution in [3.63, 3.8) is 0 Å². The summed E-state index contributed by atoms with van der Waals surface area (Å²) < 4.78 is 24.4. The Morgan fingerprint density at radius 3 is 2.67 bits per heavy atom. The normalized spacial score (nSPS) is 11.7. The quantitative estimate of drug-likeness (QED) is 0.550. The second-order valence-corrected chi connectivity index (χ2v) is 4.89. The average molecular weight is 270 g/mol. The molecule has 0 N–H and O–H groups in total. The van der Waals surface area contributed by atoms with Crippen molar-refractivity contribution in [2.75, 3.05) is 6.54 Å². The summed E-state index contributed by atoms with van der Waals surface area (Å²) in [5.41, 5.74) is 1.20. The van der Waals surface area contributed by atoms with E-state index in [-0.39, 0.29) is 0 Å². The van der Waals surface area contributed by atoms with Gasteiger partial charge in [-0.15, -0.1) is 11.8 Å². The molecule has 0 spiro atoms. The van der Waals surface area contributed by atoms with Gasteiger partial charge < -0.3 is 0 Å². The first-order chi connectivity index (χ1) is 8.61. The van der Waals surface area contributed by atoms with Crippen molar-refractivity contribution in [1.82, 2.24) is 5.01 Å². The zero-order chi connectivity index (χ0) is 13.4. The van der Waals surface area contributed by atoms with Gasteiger partial charge in [-0.05, 0) is 17.4 Å². The molecule has 0 aliphatic carbocycles. The van der Waals surface area contributed by atoms with Gasteiger partial charge in [0.25, 0.3) is 6.43 Å². The van der Waals surface area contributed by atoms with Gasteiger partial charge in [0.15, 0.2) is 0 Å². The minimum absolute atomic E-state index is 0.424. The highest BCUT2D eigenvalue weighted by atomic mass is 32.2. The van der Waals surface area contributed by atoms with Gasteiger partial charge in [-0.25, -0.2) is 8.78 Å². The van der Waals surface area contributed by atoms with Crippen LogP contribution in [0.25, 0.3) is 0 Å². The molecule has 0 saturated heterocycles. The molecule has 1 aromatic rings. The molecule has 0 radical (unpaired) electrons. The Balaban J connectivity index is 2.48. The van der Waals surface area contributed by atoms with Crippen LogP contribution in [0.3, 0.4) is 0 Å². The lowest BCUT2D eigenvalue weighted by molar-refractivity contribution is 0.110. The number of rotatable bonds is 7. The van der Waals surface area contributed by atoms with Crippen molar-refractivity contribution >= 4 is 18.5 Å². The minimum Gasteiger partial charge on any atom is -0.267 e. The topological polar surface area (TPSA) is 15.6 Å². The Bertz CT molecular complexity index is 393. The summed E-state index contributed by atoms with van der Waals surface area (Å²) in [6.45, 7) is 4.72. The van der Waals surface area contributed by atoms with Gasteiger partial charge in [0.05, 0.1) is 0 Å². The van der Waals surface area contributed by atoms with E-state index in [0.29, 0.717) is 0 Å². The SMILES string of the molecule is C=NN(/C=C(\C)SCc1ccccc1)CC(F)F. The zero-order valence-corrected chi connectivity index (χ0v) is 11.0. The lowest BCUT2D eigenvalue weighted by atomic mass is 10.2. The van der Waals surface area contributed by atoms with Crippen LogP contribution in [-0.2, 0) is 5.75 Å². The van der Waals surface area contributed by atoms with E-state index in [4.69, 9.17) is 0 Å². The second-order valence-electron chi connectivity index (χ2n) is 3.67. The predicted octanol–water partition coefficient (Wildman–Crippen LogP) is 3.96. The molecule has 0 bridgehead atoms. The van der Waals surface area contributed by atoms with Crippen molar-refractivity contribution < 1.29 is 8.78 Å². The van der Waals surface area contributed by atoms with Crippen LogP contribution in [0.2, 0.25) is 0 Å². The lowest BCUT2D eigenvalue weighted by Gasteiger charge is -2.14. The first-order valence-electron chi connectivity index (χ1n) is 5.48. The fraction of sp³-hybridized carbons (Fsp3) is 0.308. The molecule has 0 fully saturated rings. The maximum Gasteiger partial charge on any atom is 0.257 e. The molecule has 1 rings (SSSR count). The number of alkyl halides is 2. The highest BCUT2D eigenvalue weighted by Gasteiger charge is 2.07. The van der Waals surface area contributed by atoms with Crippen LogP contribution in [0.1, 0.15) is 12.5 Å². The number of halogens is 2. The summed E-state index contributed by atoms with van der Waals surface area (Å²) in [4.78, 5) is 0.923.